The fourth-order valence-electron chi connectivity index (χ4n) is 4.12. The van der Waals surface area contributed by atoms with Crippen LogP contribution in [0, 0.1) is 0 Å². The Balaban J connectivity index is 1.56. The van der Waals surface area contributed by atoms with E-state index < -0.39 is 10.0 Å². The van der Waals surface area contributed by atoms with E-state index in [1.54, 1.807) is 39.5 Å². The van der Waals surface area contributed by atoms with E-state index in [0.29, 0.717) is 36.0 Å². The Hall–Kier alpha value is -1.89. The van der Waals surface area contributed by atoms with Gasteiger partial charge in [0.1, 0.15) is 0 Å². The van der Waals surface area contributed by atoms with Crippen molar-refractivity contribution in [3.05, 3.63) is 58.6 Å². The maximum Gasteiger partial charge on any atom is 0.243 e. The molecule has 29 heavy (non-hydrogen) atoms. The summed E-state index contributed by atoms with van der Waals surface area (Å²) in [6.45, 7) is 1.83. The molecule has 1 saturated heterocycles. The number of piperidine rings is 1. The summed E-state index contributed by atoms with van der Waals surface area (Å²) in [4.78, 5) is 15.0. The number of rotatable bonds is 4. The molecule has 2 aromatic rings. The number of fused-ring (bicyclic) bond motifs is 1. The molecule has 154 valence electrons. The van der Waals surface area contributed by atoms with E-state index in [1.807, 2.05) is 12.1 Å². The van der Waals surface area contributed by atoms with Crippen molar-refractivity contribution in [2.75, 3.05) is 24.5 Å². The minimum absolute atomic E-state index is 0.0138. The summed E-state index contributed by atoms with van der Waals surface area (Å²) in [5.41, 5.74) is 2.67. The molecule has 5 nitrogen and oxygen atoms in total. The zero-order valence-electron chi connectivity index (χ0n) is 16.3. The Morgan fingerprint density at radius 1 is 0.931 bits per heavy atom. The molecular weight excluding hydrogens is 408 g/mol. The lowest BCUT2D eigenvalue weighted by molar-refractivity contribution is -0.118. The standard InChI is InChI=1S/C22H25ClN2O3S/c23-19-8-6-17(7-9-19)15-22(26)25-14-4-5-18-16-20(10-11-21(18)25)29(27,28)24-12-2-1-3-13-24/h6-11,16H,1-5,12-15H2. The molecule has 0 atom stereocenters. The highest BCUT2D eigenvalue weighted by atomic mass is 35.5. The van der Waals surface area contributed by atoms with Crippen molar-refractivity contribution in [3.8, 4) is 0 Å². The molecule has 7 heteroatoms. The first-order valence-corrected chi connectivity index (χ1v) is 11.9. The van der Waals surface area contributed by atoms with Crippen LogP contribution < -0.4 is 4.90 Å². The Labute approximate surface area is 177 Å². The largest absolute Gasteiger partial charge is 0.312 e. The first-order valence-electron chi connectivity index (χ1n) is 10.1. The zero-order valence-corrected chi connectivity index (χ0v) is 17.9. The van der Waals surface area contributed by atoms with Crippen molar-refractivity contribution in [1.82, 2.24) is 4.31 Å². The topological polar surface area (TPSA) is 57.7 Å². The molecule has 2 heterocycles. The van der Waals surface area contributed by atoms with E-state index in [0.717, 1.165) is 48.9 Å². The maximum absolute atomic E-state index is 13.0. The second-order valence-electron chi connectivity index (χ2n) is 7.71. The molecule has 0 bridgehead atoms. The highest BCUT2D eigenvalue weighted by molar-refractivity contribution is 7.89. The number of nitrogens with zero attached hydrogens (tertiary/aromatic N) is 2. The van der Waals surface area contributed by atoms with Gasteiger partial charge in [-0.25, -0.2) is 8.42 Å². The number of sulfonamides is 1. The highest BCUT2D eigenvalue weighted by Gasteiger charge is 2.29. The monoisotopic (exact) mass is 432 g/mol. The maximum atomic E-state index is 13.0. The summed E-state index contributed by atoms with van der Waals surface area (Å²) >= 11 is 5.92. The fourth-order valence-corrected chi connectivity index (χ4v) is 5.81. The molecule has 1 fully saturated rings. The Morgan fingerprint density at radius 2 is 1.66 bits per heavy atom. The third-order valence-electron chi connectivity index (χ3n) is 5.69. The van der Waals surface area contributed by atoms with Crippen molar-refractivity contribution in [1.29, 1.82) is 0 Å². The van der Waals surface area contributed by atoms with E-state index in [-0.39, 0.29) is 5.91 Å². The number of benzene rings is 2. The van der Waals surface area contributed by atoms with Crippen LogP contribution in [0.15, 0.2) is 47.4 Å². The van der Waals surface area contributed by atoms with Crippen molar-refractivity contribution in [2.45, 2.75) is 43.4 Å². The highest BCUT2D eigenvalue weighted by Crippen LogP contribution is 2.31. The molecule has 0 N–H and O–H groups in total. The predicted octanol–water partition coefficient (Wildman–Crippen LogP) is 4.04. The molecule has 1 amide bonds. The van der Waals surface area contributed by atoms with Gasteiger partial charge in [-0.15, -0.1) is 0 Å². The van der Waals surface area contributed by atoms with Gasteiger partial charge in [-0.2, -0.15) is 4.31 Å². The molecule has 4 rings (SSSR count). The molecule has 0 aromatic heterocycles. The van der Waals surface area contributed by atoms with Crippen LogP contribution in [-0.2, 0) is 27.7 Å². The predicted molar refractivity (Wildman–Crippen MR) is 115 cm³/mol. The molecule has 0 unspecified atom stereocenters. The van der Waals surface area contributed by atoms with Crippen LogP contribution in [0.3, 0.4) is 0 Å². The Kier molecular flexibility index (Phi) is 5.95. The van der Waals surface area contributed by atoms with Gasteiger partial charge in [0, 0.05) is 30.3 Å². The first-order chi connectivity index (χ1) is 13.9. The number of carbonyl (C=O) groups is 1. The number of amides is 1. The second-order valence-corrected chi connectivity index (χ2v) is 10.1. The third-order valence-corrected chi connectivity index (χ3v) is 7.84. The number of hydrogen-bond donors (Lipinski definition) is 0. The quantitative estimate of drug-likeness (QED) is 0.732. The van der Waals surface area contributed by atoms with E-state index in [4.69, 9.17) is 11.6 Å². The molecule has 0 spiro atoms. The lowest BCUT2D eigenvalue weighted by atomic mass is 10.0. The number of anilines is 1. The average Bonchev–Trinajstić information content (AvgIpc) is 2.75. The molecule has 2 aliphatic rings. The molecule has 0 radical (unpaired) electrons. The van der Waals surface area contributed by atoms with E-state index >= 15 is 0 Å². The van der Waals surface area contributed by atoms with Gasteiger partial charge in [0.25, 0.3) is 0 Å². The van der Waals surface area contributed by atoms with Gasteiger partial charge in [0.15, 0.2) is 0 Å². The minimum Gasteiger partial charge on any atom is -0.312 e. The van der Waals surface area contributed by atoms with Crippen molar-refractivity contribution < 1.29 is 13.2 Å². The van der Waals surface area contributed by atoms with Gasteiger partial charge in [0.2, 0.25) is 15.9 Å². The normalized spacial score (nSPS) is 17.8. The number of halogens is 1. The average molecular weight is 433 g/mol. The van der Waals surface area contributed by atoms with Gasteiger partial charge < -0.3 is 4.90 Å². The lowest BCUT2D eigenvalue weighted by Crippen LogP contribution is -2.37. The van der Waals surface area contributed by atoms with E-state index in [9.17, 15) is 13.2 Å². The van der Waals surface area contributed by atoms with Crippen LogP contribution in [0.25, 0.3) is 0 Å². The summed E-state index contributed by atoms with van der Waals surface area (Å²) in [5, 5.41) is 0.645. The zero-order chi connectivity index (χ0) is 20.4. The first kappa shape index (κ1) is 20.4. The van der Waals surface area contributed by atoms with E-state index in [2.05, 4.69) is 0 Å². The number of carbonyl (C=O) groups excluding carboxylic acids is 1. The summed E-state index contributed by atoms with van der Waals surface area (Å²) in [6.07, 6.45) is 4.82. The van der Waals surface area contributed by atoms with Crippen LogP contribution in [0.2, 0.25) is 5.02 Å². The van der Waals surface area contributed by atoms with Crippen molar-refractivity contribution in [2.24, 2.45) is 0 Å². The minimum atomic E-state index is -3.47. The molecule has 2 aromatic carbocycles. The molecular formula is C22H25ClN2O3S. The third kappa shape index (κ3) is 4.34. The number of hydrogen-bond acceptors (Lipinski definition) is 3. The van der Waals surface area contributed by atoms with Crippen LogP contribution in [0.4, 0.5) is 5.69 Å². The van der Waals surface area contributed by atoms with Gasteiger partial charge >= 0.3 is 0 Å². The van der Waals surface area contributed by atoms with Crippen LogP contribution in [0.5, 0.6) is 0 Å². The summed E-state index contributed by atoms with van der Waals surface area (Å²) in [7, 11) is -3.47. The van der Waals surface area contributed by atoms with E-state index in [1.165, 1.54) is 0 Å². The Bertz CT molecular complexity index is 999. The number of aryl methyl sites for hydroxylation is 1. The fraction of sp³-hybridized carbons (Fsp3) is 0.409. The van der Waals surface area contributed by atoms with Crippen LogP contribution in [-0.4, -0.2) is 38.3 Å². The van der Waals surface area contributed by atoms with Gasteiger partial charge in [0.05, 0.1) is 11.3 Å². The van der Waals surface area contributed by atoms with Crippen molar-refractivity contribution in [3.63, 3.8) is 0 Å². The summed E-state index contributed by atoms with van der Waals surface area (Å²) < 4.78 is 27.6. The smallest absolute Gasteiger partial charge is 0.243 e. The summed E-state index contributed by atoms with van der Waals surface area (Å²) in [5.74, 6) is 0.0138. The molecule has 0 aliphatic carbocycles. The van der Waals surface area contributed by atoms with Crippen LogP contribution >= 0.6 is 11.6 Å². The van der Waals surface area contributed by atoms with Crippen LogP contribution in [0.1, 0.15) is 36.8 Å². The summed E-state index contributed by atoms with van der Waals surface area (Å²) in [6, 6.07) is 12.5. The Morgan fingerprint density at radius 3 is 2.38 bits per heavy atom. The molecule has 0 saturated carbocycles. The van der Waals surface area contributed by atoms with Gasteiger partial charge in [-0.3, -0.25) is 4.79 Å². The lowest BCUT2D eigenvalue weighted by Gasteiger charge is -2.31. The van der Waals surface area contributed by atoms with Gasteiger partial charge in [-0.05, 0) is 67.1 Å². The van der Waals surface area contributed by atoms with Gasteiger partial charge in [-0.1, -0.05) is 30.2 Å². The SMILES string of the molecule is O=C(Cc1ccc(Cl)cc1)N1CCCc2cc(S(=O)(=O)N3CCCCC3)ccc21. The van der Waals surface area contributed by atoms with Crippen molar-refractivity contribution >= 4 is 33.2 Å². The molecule has 2 aliphatic heterocycles. The second kappa shape index (κ2) is 8.46.